The van der Waals surface area contributed by atoms with Crippen LogP contribution in [-0.2, 0) is 26.9 Å². The zero-order valence-corrected chi connectivity index (χ0v) is 18.6. The number of carbonyl (C=O) groups is 1. The van der Waals surface area contributed by atoms with Gasteiger partial charge in [0.15, 0.2) is 15.6 Å². The van der Waals surface area contributed by atoms with Crippen LogP contribution >= 0.6 is 0 Å². The van der Waals surface area contributed by atoms with Crippen molar-refractivity contribution in [3.05, 3.63) is 84.2 Å². The van der Waals surface area contributed by atoms with E-state index in [1.807, 2.05) is 55.5 Å². The first kappa shape index (κ1) is 21.6. The maximum absolute atomic E-state index is 12.9. The van der Waals surface area contributed by atoms with E-state index in [0.29, 0.717) is 34.0 Å². The smallest absolute Gasteiger partial charge is 0.244 e. The van der Waals surface area contributed by atoms with E-state index in [9.17, 15) is 13.2 Å². The van der Waals surface area contributed by atoms with E-state index in [1.54, 1.807) is 28.8 Å². The first-order valence-electron chi connectivity index (χ1n) is 10.0. The third-order valence-corrected chi connectivity index (χ3v) is 5.59. The van der Waals surface area contributed by atoms with Gasteiger partial charge in [0, 0.05) is 6.26 Å². The van der Waals surface area contributed by atoms with E-state index < -0.39 is 9.84 Å². The summed E-state index contributed by atoms with van der Waals surface area (Å²) in [6.45, 7) is 1.90. The fourth-order valence-corrected chi connectivity index (χ4v) is 4.13. The Morgan fingerprint density at radius 3 is 2.56 bits per heavy atom. The fraction of sp³-hybridized carbons (Fsp3) is 0.167. The SMILES string of the molecule is Cc1cccc(Oc2ccccc2NC(=O)Cn2c(CS(C)(=O)=O)nc3ccccc32)c1. The largest absolute Gasteiger partial charge is 0.455 e. The van der Waals surface area contributed by atoms with Gasteiger partial charge < -0.3 is 14.6 Å². The summed E-state index contributed by atoms with van der Waals surface area (Å²) >= 11 is 0. The van der Waals surface area contributed by atoms with E-state index in [2.05, 4.69) is 10.3 Å². The van der Waals surface area contributed by atoms with Gasteiger partial charge in [-0.05, 0) is 48.9 Å². The Morgan fingerprint density at radius 2 is 1.78 bits per heavy atom. The second-order valence-electron chi connectivity index (χ2n) is 7.64. The van der Waals surface area contributed by atoms with Crippen LogP contribution in [0, 0.1) is 6.92 Å². The third kappa shape index (κ3) is 5.15. The minimum Gasteiger partial charge on any atom is -0.455 e. The molecule has 0 fully saturated rings. The molecule has 0 aliphatic carbocycles. The van der Waals surface area contributed by atoms with Gasteiger partial charge in [0.2, 0.25) is 5.91 Å². The Morgan fingerprint density at radius 1 is 1.03 bits per heavy atom. The lowest BCUT2D eigenvalue weighted by Gasteiger charge is -2.14. The van der Waals surface area contributed by atoms with E-state index in [1.165, 1.54) is 0 Å². The number of aromatic nitrogens is 2. The lowest BCUT2D eigenvalue weighted by atomic mass is 10.2. The molecule has 1 N–H and O–H groups in total. The number of carbonyl (C=O) groups excluding carboxylic acids is 1. The van der Waals surface area contributed by atoms with Gasteiger partial charge in [0.05, 0.1) is 16.7 Å². The Labute approximate surface area is 186 Å². The van der Waals surface area contributed by atoms with Gasteiger partial charge in [-0.2, -0.15) is 0 Å². The summed E-state index contributed by atoms with van der Waals surface area (Å²) in [6.07, 6.45) is 1.15. The summed E-state index contributed by atoms with van der Waals surface area (Å²) < 4.78 is 31.4. The molecule has 0 saturated carbocycles. The molecule has 0 bridgehead atoms. The number of hydrogen-bond donors (Lipinski definition) is 1. The van der Waals surface area contributed by atoms with E-state index in [-0.39, 0.29) is 18.2 Å². The van der Waals surface area contributed by atoms with Crippen LogP contribution in [0.5, 0.6) is 11.5 Å². The Kier molecular flexibility index (Phi) is 5.96. The first-order chi connectivity index (χ1) is 15.3. The summed E-state index contributed by atoms with van der Waals surface area (Å²) in [6, 6.07) is 22.1. The monoisotopic (exact) mass is 449 g/mol. The van der Waals surface area contributed by atoms with E-state index in [0.717, 1.165) is 11.8 Å². The van der Waals surface area contributed by atoms with Crippen LogP contribution < -0.4 is 10.1 Å². The quantitative estimate of drug-likeness (QED) is 0.454. The lowest BCUT2D eigenvalue weighted by Crippen LogP contribution is -2.21. The number of para-hydroxylation sites is 4. The highest BCUT2D eigenvalue weighted by Gasteiger charge is 2.18. The number of fused-ring (bicyclic) bond motifs is 1. The van der Waals surface area contributed by atoms with Crippen LogP contribution in [0.25, 0.3) is 11.0 Å². The molecule has 32 heavy (non-hydrogen) atoms. The van der Waals surface area contributed by atoms with Crippen molar-refractivity contribution in [1.82, 2.24) is 9.55 Å². The predicted octanol–water partition coefficient (Wildman–Crippen LogP) is 4.32. The molecule has 1 aromatic heterocycles. The molecule has 4 rings (SSSR count). The van der Waals surface area contributed by atoms with Crippen molar-refractivity contribution in [2.24, 2.45) is 0 Å². The van der Waals surface area contributed by atoms with Crippen molar-refractivity contribution in [2.45, 2.75) is 19.2 Å². The van der Waals surface area contributed by atoms with Crippen LogP contribution in [0.4, 0.5) is 5.69 Å². The molecule has 0 unspecified atom stereocenters. The van der Waals surface area contributed by atoms with Crippen LogP contribution in [0.2, 0.25) is 0 Å². The normalized spacial score (nSPS) is 11.4. The minimum atomic E-state index is -3.32. The van der Waals surface area contributed by atoms with Gasteiger partial charge in [-0.15, -0.1) is 0 Å². The second-order valence-corrected chi connectivity index (χ2v) is 9.78. The summed E-state index contributed by atoms with van der Waals surface area (Å²) in [5, 5.41) is 2.88. The minimum absolute atomic E-state index is 0.0792. The number of ether oxygens (including phenoxy) is 1. The number of hydrogen-bond acceptors (Lipinski definition) is 5. The summed E-state index contributed by atoms with van der Waals surface area (Å²) in [4.78, 5) is 17.4. The molecule has 4 aromatic rings. The average Bonchev–Trinajstić information content (AvgIpc) is 3.05. The van der Waals surface area contributed by atoms with Gasteiger partial charge in [0.1, 0.15) is 23.9 Å². The molecule has 8 heteroatoms. The molecule has 0 aliphatic rings. The lowest BCUT2D eigenvalue weighted by molar-refractivity contribution is -0.116. The van der Waals surface area contributed by atoms with Crippen LogP contribution in [-0.4, -0.2) is 30.1 Å². The number of nitrogens with one attached hydrogen (secondary N) is 1. The van der Waals surface area contributed by atoms with Crippen LogP contribution in [0.3, 0.4) is 0 Å². The van der Waals surface area contributed by atoms with Crippen molar-refractivity contribution in [3.8, 4) is 11.5 Å². The molecule has 1 heterocycles. The van der Waals surface area contributed by atoms with Gasteiger partial charge in [-0.3, -0.25) is 4.79 Å². The molecule has 0 atom stereocenters. The summed E-state index contributed by atoms with van der Waals surface area (Å²) in [7, 11) is -3.32. The number of benzene rings is 3. The molecule has 0 spiro atoms. The Balaban J connectivity index is 1.59. The summed E-state index contributed by atoms with van der Waals surface area (Å²) in [5.74, 6) is 0.944. The highest BCUT2D eigenvalue weighted by molar-refractivity contribution is 7.89. The molecule has 3 aromatic carbocycles. The predicted molar refractivity (Wildman–Crippen MR) is 125 cm³/mol. The number of nitrogens with zero attached hydrogens (tertiary/aromatic N) is 2. The van der Waals surface area contributed by atoms with Crippen LogP contribution in [0.1, 0.15) is 11.4 Å². The number of amides is 1. The Hall–Kier alpha value is -3.65. The molecular weight excluding hydrogens is 426 g/mol. The number of anilines is 1. The standard InChI is InChI=1S/C24H23N3O4S/c1-17-8-7-9-18(14-17)31-22-13-6-4-11-20(22)26-24(28)15-27-21-12-5-3-10-19(21)25-23(27)16-32(2,29)30/h3-14H,15-16H2,1-2H3,(H,26,28). The Bertz CT molecular complexity index is 1390. The van der Waals surface area contributed by atoms with Crippen molar-refractivity contribution < 1.29 is 17.9 Å². The molecule has 0 radical (unpaired) electrons. The zero-order valence-electron chi connectivity index (χ0n) is 17.8. The number of rotatable bonds is 7. The summed E-state index contributed by atoms with van der Waals surface area (Å²) in [5.41, 5.74) is 2.93. The maximum Gasteiger partial charge on any atom is 0.244 e. The highest BCUT2D eigenvalue weighted by Crippen LogP contribution is 2.30. The number of sulfone groups is 1. The number of imidazole rings is 1. The van der Waals surface area contributed by atoms with Gasteiger partial charge >= 0.3 is 0 Å². The van der Waals surface area contributed by atoms with Crippen LogP contribution in [0.15, 0.2) is 72.8 Å². The van der Waals surface area contributed by atoms with Crippen molar-refractivity contribution >= 4 is 32.5 Å². The van der Waals surface area contributed by atoms with Gasteiger partial charge in [-0.25, -0.2) is 13.4 Å². The first-order valence-corrected chi connectivity index (χ1v) is 12.1. The molecule has 0 saturated heterocycles. The van der Waals surface area contributed by atoms with Crippen molar-refractivity contribution in [3.63, 3.8) is 0 Å². The molecule has 7 nitrogen and oxygen atoms in total. The maximum atomic E-state index is 12.9. The van der Waals surface area contributed by atoms with Gasteiger partial charge in [-0.1, -0.05) is 36.4 Å². The van der Waals surface area contributed by atoms with Crippen molar-refractivity contribution in [2.75, 3.05) is 11.6 Å². The number of aryl methyl sites for hydroxylation is 1. The highest BCUT2D eigenvalue weighted by atomic mass is 32.2. The second kappa shape index (κ2) is 8.84. The fourth-order valence-electron chi connectivity index (χ4n) is 3.44. The molecule has 1 amide bonds. The molecular formula is C24H23N3O4S. The van der Waals surface area contributed by atoms with E-state index in [4.69, 9.17) is 4.74 Å². The van der Waals surface area contributed by atoms with Crippen molar-refractivity contribution in [1.29, 1.82) is 0 Å². The topological polar surface area (TPSA) is 90.3 Å². The molecule has 0 aliphatic heterocycles. The van der Waals surface area contributed by atoms with E-state index >= 15 is 0 Å². The average molecular weight is 450 g/mol. The van der Waals surface area contributed by atoms with Gasteiger partial charge in [0.25, 0.3) is 0 Å². The third-order valence-electron chi connectivity index (χ3n) is 4.81. The molecule has 164 valence electrons. The zero-order chi connectivity index (χ0) is 22.7.